The predicted molar refractivity (Wildman–Crippen MR) is 78.2 cm³/mol. The van der Waals surface area contributed by atoms with Crippen LogP contribution in [0.5, 0.6) is 0 Å². The van der Waals surface area contributed by atoms with Gasteiger partial charge in [-0.3, -0.25) is 4.79 Å². The zero-order chi connectivity index (χ0) is 14.8. The summed E-state index contributed by atoms with van der Waals surface area (Å²) in [7, 11) is 0. The summed E-state index contributed by atoms with van der Waals surface area (Å²) in [5.41, 5.74) is 0.930. The number of benzene rings is 1. The van der Waals surface area contributed by atoms with Gasteiger partial charge in [-0.25, -0.2) is 4.39 Å². The lowest BCUT2D eigenvalue weighted by Gasteiger charge is -2.28. The van der Waals surface area contributed by atoms with E-state index in [1.165, 1.54) is 12.1 Å². The van der Waals surface area contributed by atoms with Gasteiger partial charge in [0.05, 0.1) is 0 Å². The summed E-state index contributed by atoms with van der Waals surface area (Å²) in [4.78, 5) is 12.2. The monoisotopic (exact) mass is 291 g/mol. The van der Waals surface area contributed by atoms with Crippen LogP contribution in [0, 0.1) is 17.7 Å². The number of carbonyl (C=O) groups excluding carboxylic acids is 1. The molecule has 1 aromatic carbocycles. The fraction of sp³-hybridized carbons (Fsp3) is 0.588. The van der Waals surface area contributed by atoms with Gasteiger partial charge in [-0.05, 0) is 61.6 Å². The van der Waals surface area contributed by atoms with Crippen molar-refractivity contribution < 1.29 is 14.3 Å². The maximum atomic E-state index is 13.2. The lowest BCUT2D eigenvalue weighted by Crippen LogP contribution is -2.39. The summed E-state index contributed by atoms with van der Waals surface area (Å²) in [6.45, 7) is 0.255. The van der Waals surface area contributed by atoms with Gasteiger partial charge in [0, 0.05) is 18.6 Å². The molecule has 0 bridgehead atoms. The van der Waals surface area contributed by atoms with Gasteiger partial charge in [0.1, 0.15) is 5.82 Å². The first-order valence-corrected chi connectivity index (χ1v) is 7.84. The lowest BCUT2D eigenvalue weighted by atomic mass is 9.86. The molecule has 3 nitrogen and oxygen atoms in total. The third-order valence-corrected chi connectivity index (χ3v) is 4.86. The molecule has 0 saturated heterocycles. The minimum absolute atomic E-state index is 0.00219. The molecule has 2 aliphatic carbocycles. The minimum atomic E-state index is -0.235. The Morgan fingerprint density at radius 3 is 2.71 bits per heavy atom. The first-order chi connectivity index (χ1) is 10.2. The number of aliphatic hydroxyl groups excluding tert-OH is 1. The Labute approximate surface area is 124 Å². The molecule has 0 heterocycles. The van der Waals surface area contributed by atoms with Gasteiger partial charge in [-0.15, -0.1) is 0 Å². The van der Waals surface area contributed by atoms with Crippen molar-refractivity contribution in [1.29, 1.82) is 0 Å². The molecule has 2 fully saturated rings. The van der Waals surface area contributed by atoms with E-state index >= 15 is 0 Å². The summed E-state index contributed by atoms with van der Waals surface area (Å²) >= 11 is 0. The number of hydrogen-bond donors (Lipinski definition) is 2. The Morgan fingerprint density at radius 1 is 1.29 bits per heavy atom. The highest BCUT2D eigenvalue weighted by Crippen LogP contribution is 2.47. The Hall–Kier alpha value is -1.42. The van der Waals surface area contributed by atoms with E-state index < -0.39 is 0 Å². The lowest BCUT2D eigenvalue weighted by molar-refractivity contribution is -0.123. The smallest absolute Gasteiger partial charge is 0.223 e. The van der Waals surface area contributed by atoms with Gasteiger partial charge in [0.25, 0.3) is 0 Å². The molecule has 114 valence electrons. The first-order valence-electron chi connectivity index (χ1n) is 7.84. The highest BCUT2D eigenvalue weighted by Gasteiger charge is 2.44. The summed E-state index contributed by atoms with van der Waals surface area (Å²) in [5.74, 6) is 0.452. The molecule has 2 atom stereocenters. The SMILES string of the molecule is O=C(NC1CCC(CO)CC1)C1CC1c1cccc(F)c1. The van der Waals surface area contributed by atoms with Crippen molar-refractivity contribution >= 4 is 5.91 Å². The van der Waals surface area contributed by atoms with Gasteiger partial charge in [-0.2, -0.15) is 0 Å². The summed E-state index contributed by atoms with van der Waals surface area (Å²) in [5, 5.41) is 12.2. The normalized spacial score (nSPS) is 31.7. The first kappa shape index (κ1) is 14.5. The molecule has 21 heavy (non-hydrogen) atoms. The number of hydrogen-bond acceptors (Lipinski definition) is 2. The van der Waals surface area contributed by atoms with Crippen molar-refractivity contribution in [3.05, 3.63) is 35.6 Å². The average Bonchev–Trinajstić information content (AvgIpc) is 3.29. The Balaban J connectivity index is 1.49. The fourth-order valence-electron chi connectivity index (χ4n) is 3.39. The maximum absolute atomic E-state index is 13.2. The second-order valence-corrected chi connectivity index (χ2v) is 6.41. The van der Waals surface area contributed by atoms with Crippen LogP contribution in [0.1, 0.15) is 43.6 Å². The molecule has 0 radical (unpaired) electrons. The van der Waals surface area contributed by atoms with Crippen molar-refractivity contribution in [1.82, 2.24) is 5.32 Å². The minimum Gasteiger partial charge on any atom is -0.396 e. The molecule has 0 spiro atoms. The van der Waals surface area contributed by atoms with Crippen molar-refractivity contribution in [3.8, 4) is 0 Å². The molecule has 0 aromatic heterocycles. The van der Waals surface area contributed by atoms with Gasteiger partial charge in [0.15, 0.2) is 0 Å². The third-order valence-electron chi connectivity index (χ3n) is 4.86. The molecule has 3 rings (SSSR count). The highest BCUT2D eigenvalue weighted by atomic mass is 19.1. The van der Waals surface area contributed by atoms with E-state index in [0.717, 1.165) is 37.7 Å². The van der Waals surface area contributed by atoms with E-state index in [9.17, 15) is 9.18 Å². The second kappa shape index (κ2) is 6.14. The van der Waals surface area contributed by atoms with E-state index in [-0.39, 0.29) is 36.2 Å². The molecule has 0 aliphatic heterocycles. The van der Waals surface area contributed by atoms with Crippen molar-refractivity contribution in [2.75, 3.05) is 6.61 Å². The summed E-state index contributed by atoms with van der Waals surface area (Å²) in [6.07, 6.45) is 4.70. The number of rotatable bonds is 4. The van der Waals surface area contributed by atoms with Crippen LogP contribution >= 0.6 is 0 Å². The largest absolute Gasteiger partial charge is 0.396 e. The van der Waals surface area contributed by atoms with E-state index in [1.807, 2.05) is 6.07 Å². The molecule has 2 N–H and O–H groups in total. The van der Waals surface area contributed by atoms with Crippen LogP contribution in [0.15, 0.2) is 24.3 Å². The third kappa shape index (κ3) is 3.43. The molecule has 1 aromatic rings. The zero-order valence-corrected chi connectivity index (χ0v) is 12.1. The Kier molecular flexibility index (Phi) is 4.24. The fourth-order valence-corrected chi connectivity index (χ4v) is 3.39. The number of halogens is 1. The number of carbonyl (C=O) groups is 1. The van der Waals surface area contributed by atoms with Crippen LogP contribution in [0.25, 0.3) is 0 Å². The molecular formula is C17H22FNO2. The molecule has 2 saturated carbocycles. The van der Waals surface area contributed by atoms with E-state index in [2.05, 4.69) is 5.32 Å². The number of amides is 1. The van der Waals surface area contributed by atoms with Crippen LogP contribution in [0.4, 0.5) is 4.39 Å². The quantitative estimate of drug-likeness (QED) is 0.896. The second-order valence-electron chi connectivity index (χ2n) is 6.41. The van der Waals surface area contributed by atoms with Crippen LogP contribution in [0.3, 0.4) is 0 Å². The summed E-state index contributed by atoms with van der Waals surface area (Å²) in [6, 6.07) is 6.81. The molecular weight excluding hydrogens is 269 g/mol. The van der Waals surface area contributed by atoms with Crippen molar-refractivity contribution in [3.63, 3.8) is 0 Å². The molecule has 4 heteroatoms. The number of nitrogens with one attached hydrogen (secondary N) is 1. The van der Waals surface area contributed by atoms with Crippen LogP contribution in [-0.4, -0.2) is 23.7 Å². The van der Waals surface area contributed by atoms with Crippen LogP contribution < -0.4 is 5.32 Å². The number of aliphatic hydroxyl groups is 1. The topological polar surface area (TPSA) is 49.3 Å². The van der Waals surface area contributed by atoms with Crippen molar-refractivity contribution in [2.45, 2.75) is 44.1 Å². The van der Waals surface area contributed by atoms with Gasteiger partial charge in [-0.1, -0.05) is 12.1 Å². The molecule has 2 unspecified atom stereocenters. The van der Waals surface area contributed by atoms with Gasteiger partial charge in [0.2, 0.25) is 5.91 Å². The van der Waals surface area contributed by atoms with Gasteiger partial charge < -0.3 is 10.4 Å². The zero-order valence-electron chi connectivity index (χ0n) is 12.1. The van der Waals surface area contributed by atoms with E-state index in [0.29, 0.717) is 5.92 Å². The average molecular weight is 291 g/mol. The van der Waals surface area contributed by atoms with Gasteiger partial charge >= 0.3 is 0 Å². The molecule has 1 amide bonds. The van der Waals surface area contributed by atoms with Crippen LogP contribution in [0.2, 0.25) is 0 Å². The maximum Gasteiger partial charge on any atom is 0.223 e. The van der Waals surface area contributed by atoms with E-state index in [4.69, 9.17) is 5.11 Å². The Morgan fingerprint density at radius 2 is 2.05 bits per heavy atom. The predicted octanol–water partition coefficient (Wildman–Crippen LogP) is 2.60. The van der Waals surface area contributed by atoms with Crippen LogP contribution in [-0.2, 0) is 4.79 Å². The summed E-state index contributed by atoms with van der Waals surface area (Å²) < 4.78 is 13.2. The highest BCUT2D eigenvalue weighted by molar-refractivity contribution is 5.83. The molecule has 2 aliphatic rings. The Bertz CT molecular complexity index is 511. The van der Waals surface area contributed by atoms with Crippen molar-refractivity contribution in [2.24, 2.45) is 11.8 Å². The van der Waals surface area contributed by atoms with E-state index in [1.54, 1.807) is 6.07 Å². The standard InChI is InChI=1S/C17H22FNO2/c18-13-3-1-2-12(8-13)15-9-16(15)17(21)19-14-6-4-11(10-20)5-7-14/h1-3,8,11,14-16,20H,4-7,9-10H2,(H,19,21).